The number of benzene rings is 3. The first-order valence-electron chi connectivity index (χ1n) is 9.22. The van der Waals surface area contributed by atoms with Crippen LogP contribution >= 0.6 is 23.4 Å². The Morgan fingerprint density at radius 2 is 1.70 bits per heavy atom. The molecule has 0 aliphatic rings. The standard InChI is InChI=1S/C23H18ClN3O2S/c24-17-10-12-19(13-11-17)30-22-9-5-4-8-20(22)25-23(28)21-14-15-27(26-21)16-29-18-6-2-1-3-7-18/h1-15H,16H2,(H,25,28). The molecule has 0 atom stereocenters. The molecule has 0 bridgehead atoms. The van der Waals surface area contributed by atoms with Crippen molar-refractivity contribution in [3.63, 3.8) is 0 Å². The SMILES string of the molecule is O=C(Nc1ccccc1Sc1ccc(Cl)cc1)c1ccn(COc2ccccc2)n1. The maximum absolute atomic E-state index is 12.7. The van der Waals surface area contributed by atoms with Gasteiger partial charge in [-0.1, -0.05) is 53.7 Å². The molecule has 1 N–H and O–H groups in total. The molecule has 4 rings (SSSR count). The van der Waals surface area contributed by atoms with Crippen molar-refractivity contribution in [2.75, 3.05) is 5.32 Å². The predicted molar refractivity (Wildman–Crippen MR) is 119 cm³/mol. The van der Waals surface area contributed by atoms with Crippen LogP contribution in [-0.4, -0.2) is 15.7 Å². The van der Waals surface area contributed by atoms with Gasteiger partial charge in [0.15, 0.2) is 12.4 Å². The third-order valence-corrected chi connectivity index (χ3v) is 5.49. The summed E-state index contributed by atoms with van der Waals surface area (Å²) in [6.07, 6.45) is 1.71. The zero-order valence-electron chi connectivity index (χ0n) is 15.9. The van der Waals surface area contributed by atoms with Crippen molar-refractivity contribution in [2.45, 2.75) is 16.5 Å². The normalized spacial score (nSPS) is 10.6. The Morgan fingerprint density at radius 1 is 0.967 bits per heavy atom. The lowest BCUT2D eigenvalue weighted by molar-refractivity contribution is 0.102. The van der Waals surface area contributed by atoms with E-state index in [1.165, 1.54) is 0 Å². The van der Waals surface area contributed by atoms with Gasteiger partial charge in [-0.15, -0.1) is 0 Å². The van der Waals surface area contributed by atoms with Crippen LogP contribution in [0, 0.1) is 0 Å². The first-order chi connectivity index (χ1) is 14.7. The summed E-state index contributed by atoms with van der Waals surface area (Å²) >= 11 is 7.51. The van der Waals surface area contributed by atoms with E-state index in [2.05, 4.69) is 10.4 Å². The maximum atomic E-state index is 12.7. The highest BCUT2D eigenvalue weighted by Crippen LogP contribution is 2.34. The monoisotopic (exact) mass is 435 g/mol. The topological polar surface area (TPSA) is 56.2 Å². The number of rotatable bonds is 7. The number of ether oxygens (including phenoxy) is 1. The number of carbonyl (C=O) groups excluding carboxylic acids is 1. The summed E-state index contributed by atoms with van der Waals surface area (Å²) in [6.45, 7) is 0.223. The van der Waals surface area contributed by atoms with Crippen molar-refractivity contribution in [1.29, 1.82) is 0 Å². The summed E-state index contributed by atoms with van der Waals surface area (Å²) in [4.78, 5) is 14.7. The molecule has 0 radical (unpaired) electrons. The summed E-state index contributed by atoms with van der Waals surface area (Å²) in [5.74, 6) is 0.463. The van der Waals surface area contributed by atoms with E-state index in [0.29, 0.717) is 10.7 Å². The average Bonchev–Trinajstić information content (AvgIpc) is 3.25. The van der Waals surface area contributed by atoms with Crippen LogP contribution in [0.4, 0.5) is 5.69 Å². The number of amides is 1. The number of hydrogen-bond donors (Lipinski definition) is 1. The van der Waals surface area contributed by atoms with E-state index in [0.717, 1.165) is 21.2 Å². The van der Waals surface area contributed by atoms with Crippen LogP contribution in [0.25, 0.3) is 0 Å². The van der Waals surface area contributed by atoms with Crippen molar-refractivity contribution in [1.82, 2.24) is 9.78 Å². The number of anilines is 1. The van der Waals surface area contributed by atoms with E-state index in [1.54, 1.807) is 28.7 Å². The van der Waals surface area contributed by atoms with Gasteiger partial charge in [0.1, 0.15) is 5.75 Å². The van der Waals surface area contributed by atoms with Gasteiger partial charge in [-0.2, -0.15) is 5.10 Å². The van der Waals surface area contributed by atoms with E-state index in [4.69, 9.17) is 16.3 Å². The summed E-state index contributed by atoms with van der Waals surface area (Å²) in [5.41, 5.74) is 1.04. The van der Waals surface area contributed by atoms with E-state index in [-0.39, 0.29) is 12.6 Å². The minimum absolute atomic E-state index is 0.223. The minimum Gasteiger partial charge on any atom is -0.471 e. The average molecular weight is 436 g/mol. The van der Waals surface area contributed by atoms with Gasteiger partial charge in [-0.25, -0.2) is 4.68 Å². The molecule has 1 amide bonds. The smallest absolute Gasteiger partial charge is 0.276 e. The highest BCUT2D eigenvalue weighted by Gasteiger charge is 2.13. The van der Waals surface area contributed by atoms with E-state index in [9.17, 15) is 4.79 Å². The van der Waals surface area contributed by atoms with E-state index < -0.39 is 0 Å². The summed E-state index contributed by atoms with van der Waals surface area (Å²) < 4.78 is 7.23. The maximum Gasteiger partial charge on any atom is 0.276 e. The largest absolute Gasteiger partial charge is 0.471 e. The Labute approximate surface area is 183 Å². The highest BCUT2D eigenvalue weighted by atomic mass is 35.5. The third-order valence-electron chi connectivity index (χ3n) is 4.16. The molecule has 3 aromatic carbocycles. The van der Waals surface area contributed by atoms with Crippen molar-refractivity contribution >= 4 is 35.0 Å². The molecule has 1 heterocycles. The number of carbonyl (C=O) groups is 1. The van der Waals surface area contributed by atoms with Crippen LogP contribution in [0.5, 0.6) is 5.75 Å². The molecule has 0 aliphatic heterocycles. The molecular formula is C23H18ClN3O2S. The van der Waals surface area contributed by atoms with Gasteiger partial charge in [-0.05, 0) is 54.6 Å². The third kappa shape index (κ3) is 5.23. The second kappa shape index (κ2) is 9.52. The molecule has 0 aliphatic carbocycles. The van der Waals surface area contributed by atoms with Crippen LogP contribution in [-0.2, 0) is 6.73 Å². The van der Waals surface area contributed by atoms with Gasteiger partial charge in [0.2, 0.25) is 0 Å². The highest BCUT2D eigenvalue weighted by molar-refractivity contribution is 7.99. The van der Waals surface area contributed by atoms with E-state index >= 15 is 0 Å². The van der Waals surface area contributed by atoms with Gasteiger partial charge in [0, 0.05) is 21.0 Å². The number of aromatic nitrogens is 2. The molecule has 0 saturated carbocycles. The van der Waals surface area contributed by atoms with Gasteiger partial charge in [-0.3, -0.25) is 4.79 Å². The second-order valence-corrected chi connectivity index (χ2v) is 7.88. The van der Waals surface area contributed by atoms with Crippen LogP contribution in [0.3, 0.4) is 0 Å². The van der Waals surface area contributed by atoms with Crippen molar-refractivity contribution in [3.05, 3.63) is 102 Å². The van der Waals surface area contributed by atoms with E-state index in [1.807, 2.05) is 78.9 Å². The van der Waals surface area contributed by atoms with Crippen LogP contribution in [0.1, 0.15) is 10.5 Å². The Morgan fingerprint density at radius 3 is 2.50 bits per heavy atom. The lowest BCUT2D eigenvalue weighted by Gasteiger charge is -2.10. The molecule has 0 unspecified atom stereocenters. The fraction of sp³-hybridized carbons (Fsp3) is 0.0435. The second-order valence-electron chi connectivity index (χ2n) is 6.33. The molecular weight excluding hydrogens is 418 g/mol. The van der Waals surface area contributed by atoms with Crippen LogP contribution < -0.4 is 10.1 Å². The molecule has 5 nitrogen and oxygen atoms in total. The van der Waals surface area contributed by atoms with Crippen LogP contribution in [0.2, 0.25) is 5.02 Å². The number of para-hydroxylation sites is 2. The number of nitrogens with one attached hydrogen (secondary N) is 1. The minimum atomic E-state index is -0.280. The van der Waals surface area contributed by atoms with Gasteiger partial charge >= 0.3 is 0 Å². The first-order valence-corrected chi connectivity index (χ1v) is 10.4. The van der Waals surface area contributed by atoms with Gasteiger partial charge < -0.3 is 10.1 Å². The molecule has 30 heavy (non-hydrogen) atoms. The summed E-state index contributed by atoms with van der Waals surface area (Å²) in [7, 11) is 0. The molecule has 0 saturated heterocycles. The quantitative estimate of drug-likeness (QED) is 0.388. The molecule has 1 aromatic heterocycles. The summed E-state index contributed by atoms with van der Waals surface area (Å²) in [6, 6.07) is 26.3. The van der Waals surface area contributed by atoms with Crippen LogP contribution in [0.15, 0.2) is 101 Å². The zero-order chi connectivity index (χ0) is 20.8. The Bertz CT molecular complexity index is 1130. The lowest BCUT2D eigenvalue weighted by Crippen LogP contribution is -2.14. The fourth-order valence-electron chi connectivity index (χ4n) is 2.69. The molecule has 4 aromatic rings. The Kier molecular flexibility index (Phi) is 6.37. The number of hydrogen-bond acceptors (Lipinski definition) is 4. The lowest BCUT2D eigenvalue weighted by atomic mass is 10.3. The van der Waals surface area contributed by atoms with Crippen molar-refractivity contribution in [3.8, 4) is 5.75 Å². The van der Waals surface area contributed by atoms with Gasteiger partial charge in [0.25, 0.3) is 5.91 Å². The fourth-order valence-corrected chi connectivity index (χ4v) is 3.71. The predicted octanol–water partition coefficient (Wildman–Crippen LogP) is 5.98. The Hall–Kier alpha value is -3.22. The Balaban J connectivity index is 1.42. The number of nitrogens with zero attached hydrogens (tertiary/aromatic N) is 2. The first kappa shape index (κ1) is 20.1. The molecule has 0 fully saturated rings. The molecule has 7 heteroatoms. The van der Waals surface area contributed by atoms with Crippen molar-refractivity contribution in [2.24, 2.45) is 0 Å². The van der Waals surface area contributed by atoms with Gasteiger partial charge in [0.05, 0.1) is 5.69 Å². The molecule has 0 spiro atoms. The zero-order valence-corrected chi connectivity index (χ0v) is 17.4. The number of halogens is 1. The summed E-state index contributed by atoms with van der Waals surface area (Å²) in [5, 5.41) is 7.93. The van der Waals surface area contributed by atoms with Crippen molar-refractivity contribution < 1.29 is 9.53 Å². The molecule has 150 valence electrons.